The van der Waals surface area contributed by atoms with Crippen LogP contribution in [0.4, 0.5) is 43.7 Å². The number of ether oxygens (including phenoxy) is 3. The first-order valence-electron chi connectivity index (χ1n) is 12.8. The van der Waals surface area contributed by atoms with Crippen molar-refractivity contribution in [1.29, 1.82) is 0 Å². The molecule has 0 atom stereocenters. The van der Waals surface area contributed by atoms with E-state index in [4.69, 9.17) is 25.8 Å². The van der Waals surface area contributed by atoms with Crippen molar-refractivity contribution in [3.63, 3.8) is 0 Å². The number of aromatic hydroxyl groups is 2. The van der Waals surface area contributed by atoms with Gasteiger partial charge in [0.05, 0.1) is 56.9 Å². The number of nitrogens with one attached hydrogen (secondary N) is 4. The Kier molecular flexibility index (Phi) is 10.1. The number of hydrogen-bond acceptors (Lipinski definition) is 11. The molecule has 1 aliphatic rings. The van der Waals surface area contributed by atoms with Gasteiger partial charge in [-0.15, -0.1) is 0 Å². The minimum atomic E-state index is -0.672. The van der Waals surface area contributed by atoms with Crippen LogP contribution in [0.25, 0.3) is 0 Å². The van der Waals surface area contributed by atoms with Gasteiger partial charge in [-0.2, -0.15) is 0 Å². The molecule has 1 heterocycles. The maximum atomic E-state index is 12.0. The minimum Gasteiger partial charge on any atom is -0.506 e. The van der Waals surface area contributed by atoms with Crippen LogP contribution >= 0.6 is 11.6 Å². The summed E-state index contributed by atoms with van der Waals surface area (Å²) >= 11 is 5.94. The highest BCUT2D eigenvalue weighted by Gasteiger charge is 2.20. The van der Waals surface area contributed by atoms with Gasteiger partial charge < -0.3 is 45.7 Å². The number of fused-ring (bicyclic) bond motifs is 1. The van der Waals surface area contributed by atoms with Crippen molar-refractivity contribution in [3.05, 3.63) is 98.0 Å². The molecular formula is C28H23ClN6O11. The van der Waals surface area contributed by atoms with E-state index < -0.39 is 33.4 Å². The molecule has 238 valence electrons. The van der Waals surface area contributed by atoms with Gasteiger partial charge in [0.25, 0.3) is 11.4 Å². The summed E-state index contributed by atoms with van der Waals surface area (Å²) in [6.45, 7) is 0.0682. The van der Waals surface area contributed by atoms with E-state index in [1.165, 1.54) is 25.3 Å². The first-order chi connectivity index (χ1) is 22.0. The van der Waals surface area contributed by atoms with Crippen LogP contribution in [-0.2, 0) is 0 Å². The maximum Gasteiger partial charge on any atom is 0.323 e. The van der Waals surface area contributed by atoms with Gasteiger partial charge in [-0.25, -0.2) is 9.59 Å². The third kappa shape index (κ3) is 7.91. The predicted octanol–water partition coefficient (Wildman–Crippen LogP) is 6.28. The van der Waals surface area contributed by atoms with Gasteiger partial charge in [-0.05, 0) is 36.4 Å². The lowest BCUT2D eigenvalue weighted by molar-refractivity contribution is -0.385. The van der Waals surface area contributed by atoms with Gasteiger partial charge in [0.2, 0.25) is 6.79 Å². The zero-order valence-electron chi connectivity index (χ0n) is 23.5. The van der Waals surface area contributed by atoms with Gasteiger partial charge in [-0.3, -0.25) is 20.2 Å². The number of para-hydroxylation sites is 2. The monoisotopic (exact) mass is 654 g/mol. The number of nitro benzene ring substituents is 2. The largest absolute Gasteiger partial charge is 0.506 e. The Balaban J connectivity index is 0.000000209. The van der Waals surface area contributed by atoms with E-state index in [0.29, 0.717) is 27.9 Å². The van der Waals surface area contributed by atoms with E-state index in [-0.39, 0.29) is 35.3 Å². The van der Waals surface area contributed by atoms with Crippen LogP contribution in [0.2, 0.25) is 5.02 Å². The molecule has 0 unspecified atom stereocenters. The molecule has 0 aromatic heterocycles. The first kappa shape index (κ1) is 32.4. The van der Waals surface area contributed by atoms with Gasteiger partial charge in [-0.1, -0.05) is 23.7 Å². The van der Waals surface area contributed by atoms with E-state index >= 15 is 0 Å². The summed E-state index contributed by atoms with van der Waals surface area (Å²) in [4.78, 5) is 43.9. The van der Waals surface area contributed by atoms with E-state index in [2.05, 4.69) is 21.3 Å². The number of halogens is 1. The van der Waals surface area contributed by atoms with Gasteiger partial charge in [0.15, 0.2) is 17.2 Å². The van der Waals surface area contributed by atoms with E-state index in [1.807, 2.05) is 0 Å². The molecule has 0 radical (unpaired) electrons. The second-order valence-electron chi connectivity index (χ2n) is 8.94. The Labute approximate surface area is 263 Å². The zero-order chi connectivity index (χ0) is 33.4. The van der Waals surface area contributed by atoms with Gasteiger partial charge in [0, 0.05) is 12.1 Å². The fraction of sp³-hybridized carbons (Fsp3) is 0.0714. The Morgan fingerprint density at radius 3 is 1.78 bits per heavy atom. The van der Waals surface area contributed by atoms with Crippen molar-refractivity contribution < 1.29 is 43.9 Å². The van der Waals surface area contributed by atoms with Crippen molar-refractivity contribution in [2.75, 3.05) is 35.2 Å². The number of methoxy groups -OCH3 is 1. The van der Waals surface area contributed by atoms with Crippen LogP contribution in [0.5, 0.6) is 28.7 Å². The molecule has 0 fully saturated rings. The SMILES string of the molecule is COc1c(Cl)cccc1NC(=O)Nc1ccc([N+](=O)[O-])cc1O.O=C(Nc1ccc([N+](=O)[O-])cc1O)Nc1cccc2c1OCO2. The average Bonchev–Trinajstić information content (AvgIpc) is 3.50. The number of phenols is 2. The Bertz CT molecular complexity index is 1730. The zero-order valence-corrected chi connectivity index (χ0v) is 24.2. The van der Waals surface area contributed by atoms with Crippen LogP contribution in [0.1, 0.15) is 0 Å². The van der Waals surface area contributed by atoms with E-state index in [0.717, 1.165) is 18.2 Å². The second kappa shape index (κ2) is 14.3. The summed E-state index contributed by atoms with van der Waals surface area (Å²) in [5.41, 5.74) is 0.231. The predicted molar refractivity (Wildman–Crippen MR) is 165 cm³/mol. The molecule has 0 saturated heterocycles. The van der Waals surface area contributed by atoms with Crippen LogP contribution in [-0.4, -0.2) is 46.0 Å². The smallest absolute Gasteiger partial charge is 0.323 e. The number of benzene rings is 4. The molecule has 4 amide bonds. The summed E-state index contributed by atoms with van der Waals surface area (Å²) in [7, 11) is 1.41. The molecule has 18 heteroatoms. The van der Waals surface area contributed by atoms with Crippen molar-refractivity contribution >= 4 is 57.8 Å². The standard InChI is InChI=1S/C14H12ClN3O5.C14H11N3O6/c1-23-13-9(15)3-2-4-11(13)17-14(20)16-10-6-5-8(18(21)22)7-12(10)19;18-11-6-8(17(20)21)4-5-9(11)15-14(19)16-10-2-1-3-12-13(10)23-7-22-12/h2-7,19H,1H3,(H2,16,17,20);1-6,18H,7H2,(H2,15,16,19). The summed E-state index contributed by atoms with van der Waals surface area (Å²) in [5.74, 6) is 0.383. The molecule has 4 aromatic rings. The topological polar surface area (TPSA) is 237 Å². The van der Waals surface area contributed by atoms with Gasteiger partial charge in [0.1, 0.15) is 11.5 Å². The summed E-state index contributed by atoms with van der Waals surface area (Å²) in [5, 5.41) is 50.8. The summed E-state index contributed by atoms with van der Waals surface area (Å²) in [6, 6.07) is 15.2. The number of urea groups is 2. The number of phenolic OH excluding ortho intramolecular Hbond substituents is 2. The van der Waals surface area contributed by atoms with Crippen molar-refractivity contribution in [2.24, 2.45) is 0 Å². The molecule has 0 aliphatic carbocycles. The average molecular weight is 655 g/mol. The fourth-order valence-corrected chi connectivity index (χ4v) is 4.13. The van der Waals surface area contributed by atoms with Crippen LogP contribution < -0.4 is 35.5 Å². The Hall–Kier alpha value is -6.49. The number of nitro groups is 2. The molecule has 1 aliphatic heterocycles. The van der Waals surface area contributed by atoms with Crippen LogP contribution in [0.15, 0.2) is 72.8 Å². The molecule has 0 spiro atoms. The lowest BCUT2D eigenvalue weighted by atomic mass is 10.2. The Morgan fingerprint density at radius 1 is 0.761 bits per heavy atom. The fourth-order valence-electron chi connectivity index (χ4n) is 3.87. The molecule has 0 bridgehead atoms. The number of nitrogens with zero attached hydrogens (tertiary/aromatic N) is 2. The van der Waals surface area contributed by atoms with Crippen molar-refractivity contribution in [2.45, 2.75) is 0 Å². The quantitative estimate of drug-likeness (QED) is 0.0736. The molecule has 4 aromatic carbocycles. The third-order valence-electron chi connectivity index (χ3n) is 5.94. The van der Waals surface area contributed by atoms with Gasteiger partial charge >= 0.3 is 12.1 Å². The molecule has 6 N–H and O–H groups in total. The van der Waals surface area contributed by atoms with Crippen LogP contribution in [0.3, 0.4) is 0 Å². The number of non-ortho nitro benzene ring substituents is 2. The highest BCUT2D eigenvalue weighted by atomic mass is 35.5. The highest BCUT2D eigenvalue weighted by molar-refractivity contribution is 6.32. The van der Waals surface area contributed by atoms with E-state index in [1.54, 1.807) is 36.4 Å². The number of amides is 4. The third-order valence-corrected chi connectivity index (χ3v) is 6.24. The van der Waals surface area contributed by atoms with Crippen molar-refractivity contribution in [1.82, 2.24) is 0 Å². The Morgan fingerprint density at radius 2 is 1.26 bits per heavy atom. The van der Waals surface area contributed by atoms with Crippen LogP contribution in [0, 0.1) is 20.2 Å². The summed E-state index contributed by atoms with van der Waals surface area (Å²) in [6.07, 6.45) is 0. The molecule has 46 heavy (non-hydrogen) atoms. The second-order valence-corrected chi connectivity index (χ2v) is 9.34. The lowest BCUT2D eigenvalue weighted by Crippen LogP contribution is -2.20. The maximum absolute atomic E-state index is 12.0. The lowest BCUT2D eigenvalue weighted by Gasteiger charge is -2.12. The first-order valence-corrected chi connectivity index (χ1v) is 13.2. The number of hydrogen-bond donors (Lipinski definition) is 6. The normalized spacial score (nSPS) is 10.9. The van der Waals surface area contributed by atoms with Crippen molar-refractivity contribution in [3.8, 4) is 28.7 Å². The summed E-state index contributed by atoms with van der Waals surface area (Å²) < 4.78 is 15.5. The number of rotatable bonds is 7. The molecule has 5 rings (SSSR count). The molecule has 0 saturated carbocycles. The number of anilines is 4. The molecular weight excluding hydrogens is 632 g/mol. The highest BCUT2D eigenvalue weighted by Crippen LogP contribution is 2.39. The minimum absolute atomic E-state index is 0.0223. The molecule has 17 nitrogen and oxygen atoms in total. The number of carbonyl (C=O) groups is 2. The van der Waals surface area contributed by atoms with E-state index in [9.17, 15) is 40.0 Å². The number of carbonyl (C=O) groups excluding carboxylic acids is 2.